The SMILES string of the molecule is CC(C)C/C=C/c1ccc(O)cc1. The van der Waals surface area contributed by atoms with E-state index in [2.05, 4.69) is 26.0 Å². The number of allylic oxidation sites excluding steroid dienone is 1. The number of hydrogen-bond acceptors (Lipinski definition) is 1. The fraction of sp³-hybridized carbons (Fsp3) is 0.333. The van der Waals surface area contributed by atoms with Crippen LogP contribution in [0.4, 0.5) is 0 Å². The Hall–Kier alpha value is -1.24. The molecule has 1 rings (SSSR count). The lowest BCUT2D eigenvalue weighted by Gasteiger charge is -1.97. The second-order valence-electron chi connectivity index (χ2n) is 3.62. The molecule has 0 amide bonds. The van der Waals surface area contributed by atoms with E-state index in [1.54, 1.807) is 12.1 Å². The average Bonchev–Trinajstić information content (AvgIpc) is 2.08. The summed E-state index contributed by atoms with van der Waals surface area (Å²) in [6.07, 6.45) is 5.34. The zero-order valence-corrected chi connectivity index (χ0v) is 8.20. The van der Waals surface area contributed by atoms with Crippen molar-refractivity contribution in [2.24, 2.45) is 5.92 Å². The molecule has 0 saturated carbocycles. The van der Waals surface area contributed by atoms with E-state index in [9.17, 15) is 0 Å². The van der Waals surface area contributed by atoms with Gasteiger partial charge in [-0.05, 0) is 30.0 Å². The van der Waals surface area contributed by atoms with Gasteiger partial charge in [-0.3, -0.25) is 0 Å². The molecule has 0 bridgehead atoms. The molecule has 0 fully saturated rings. The van der Waals surface area contributed by atoms with Crippen molar-refractivity contribution in [1.29, 1.82) is 0 Å². The maximum atomic E-state index is 9.05. The third kappa shape index (κ3) is 3.79. The number of phenolic OH excluding ortho intramolecular Hbond substituents is 1. The van der Waals surface area contributed by atoms with Crippen molar-refractivity contribution >= 4 is 6.08 Å². The third-order valence-corrected chi connectivity index (χ3v) is 1.81. The Balaban J connectivity index is 2.54. The van der Waals surface area contributed by atoms with E-state index in [0.29, 0.717) is 11.7 Å². The van der Waals surface area contributed by atoms with Gasteiger partial charge < -0.3 is 5.11 Å². The van der Waals surface area contributed by atoms with Gasteiger partial charge in [0.1, 0.15) is 5.75 Å². The first-order valence-corrected chi connectivity index (χ1v) is 4.64. The molecule has 0 heterocycles. The summed E-state index contributed by atoms with van der Waals surface area (Å²) in [7, 11) is 0. The molecule has 0 radical (unpaired) electrons. The number of benzene rings is 1. The Morgan fingerprint density at radius 3 is 2.38 bits per heavy atom. The normalized spacial score (nSPS) is 11.3. The molecule has 13 heavy (non-hydrogen) atoms. The lowest BCUT2D eigenvalue weighted by Crippen LogP contribution is -1.81. The first-order valence-electron chi connectivity index (χ1n) is 4.64. The summed E-state index contributed by atoms with van der Waals surface area (Å²) in [4.78, 5) is 0. The average molecular weight is 176 g/mol. The highest BCUT2D eigenvalue weighted by molar-refractivity contribution is 5.50. The lowest BCUT2D eigenvalue weighted by atomic mass is 10.1. The summed E-state index contributed by atoms with van der Waals surface area (Å²) < 4.78 is 0. The minimum atomic E-state index is 0.320. The van der Waals surface area contributed by atoms with Gasteiger partial charge in [0, 0.05) is 0 Å². The van der Waals surface area contributed by atoms with Crippen LogP contribution in [0.1, 0.15) is 25.8 Å². The van der Waals surface area contributed by atoms with Gasteiger partial charge in [-0.1, -0.05) is 38.1 Å². The summed E-state index contributed by atoms with van der Waals surface area (Å²) in [5, 5.41) is 9.05. The summed E-state index contributed by atoms with van der Waals surface area (Å²) in [6.45, 7) is 4.39. The minimum Gasteiger partial charge on any atom is -0.508 e. The van der Waals surface area contributed by atoms with E-state index in [1.807, 2.05) is 12.1 Å². The Labute approximate surface area is 79.7 Å². The summed E-state index contributed by atoms with van der Waals surface area (Å²) in [5.74, 6) is 1.02. The molecule has 1 N–H and O–H groups in total. The van der Waals surface area contributed by atoms with E-state index in [1.165, 1.54) is 0 Å². The molecule has 0 aliphatic heterocycles. The quantitative estimate of drug-likeness (QED) is 0.747. The van der Waals surface area contributed by atoms with Crippen molar-refractivity contribution < 1.29 is 5.11 Å². The summed E-state index contributed by atoms with van der Waals surface area (Å²) >= 11 is 0. The lowest BCUT2D eigenvalue weighted by molar-refractivity contribution is 0.475. The molecule has 1 heteroatoms. The van der Waals surface area contributed by atoms with E-state index in [4.69, 9.17) is 5.11 Å². The number of rotatable bonds is 3. The molecule has 0 aromatic heterocycles. The van der Waals surface area contributed by atoms with E-state index in [-0.39, 0.29) is 0 Å². The molecule has 0 saturated heterocycles. The Bertz CT molecular complexity index is 270. The highest BCUT2D eigenvalue weighted by Crippen LogP contribution is 2.11. The molecule has 0 spiro atoms. The largest absolute Gasteiger partial charge is 0.508 e. The molecular weight excluding hydrogens is 160 g/mol. The summed E-state index contributed by atoms with van der Waals surface area (Å²) in [6, 6.07) is 7.22. The van der Waals surface area contributed by atoms with Gasteiger partial charge >= 0.3 is 0 Å². The van der Waals surface area contributed by atoms with Crippen LogP contribution in [0.2, 0.25) is 0 Å². The first kappa shape index (κ1) is 9.85. The Morgan fingerprint density at radius 1 is 1.23 bits per heavy atom. The first-order chi connectivity index (χ1) is 6.18. The molecule has 1 nitrogen and oxygen atoms in total. The highest BCUT2D eigenvalue weighted by Gasteiger charge is 1.89. The van der Waals surface area contributed by atoms with Crippen LogP contribution >= 0.6 is 0 Å². The maximum absolute atomic E-state index is 9.05. The van der Waals surface area contributed by atoms with Gasteiger partial charge in [0.2, 0.25) is 0 Å². The number of phenols is 1. The predicted octanol–water partition coefficient (Wildman–Crippen LogP) is 3.45. The third-order valence-electron chi connectivity index (χ3n) is 1.81. The van der Waals surface area contributed by atoms with Gasteiger partial charge in [0.25, 0.3) is 0 Å². The van der Waals surface area contributed by atoms with E-state index < -0.39 is 0 Å². The van der Waals surface area contributed by atoms with Crippen LogP contribution in [0.15, 0.2) is 30.3 Å². The second-order valence-corrected chi connectivity index (χ2v) is 3.62. The molecule has 1 aromatic rings. The Kier molecular flexibility index (Phi) is 3.56. The molecule has 0 atom stereocenters. The number of aromatic hydroxyl groups is 1. The van der Waals surface area contributed by atoms with E-state index >= 15 is 0 Å². The van der Waals surface area contributed by atoms with Gasteiger partial charge in [0.15, 0.2) is 0 Å². The fourth-order valence-corrected chi connectivity index (χ4v) is 1.06. The van der Waals surface area contributed by atoms with Crippen LogP contribution < -0.4 is 0 Å². The maximum Gasteiger partial charge on any atom is 0.115 e. The van der Waals surface area contributed by atoms with E-state index in [0.717, 1.165) is 12.0 Å². The topological polar surface area (TPSA) is 20.2 Å². The predicted molar refractivity (Wildman–Crippen MR) is 56.6 cm³/mol. The minimum absolute atomic E-state index is 0.320. The Morgan fingerprint density at radius 2 is 1.85 bits per heavy atom. The molecular formula is C12H16O. The van der Waals surface area contributed by atoms with Crippen LogP contribution in [0.5, 0.6) is 5.75 Å². The van der Waals surface area contributed by atoms with Gasteiger partial charge in [0.05, 0.1) is 0 Å². The van der Waals surface area contributed by atoms with Crippen LogP contribution in [-0.4, -0.2) is 5.11 Å². The second kappa shape index (κ2) is 4.70. The molecule has 0 unspecified atom stereocenters. The zero-order valence-electron chi connectivity index (χ0n) is 8.20. The zero-order chi connectivity index (χ0) is 9.68. The molecule has 1 aromatic carbocycles. The van der Waals surface area contributed by atoms with Gasteiger partial charge in [-0.15, -0.1) is 0 Å². The van der Waals surface area contributed by atoms with Crippen molar-refractivity contribution in [3.63, 3.8) is 0 Å². The molecule has 0 aliphatic rings. The number of hydrogen-bond donors (Lipinski definition) is 1. The van der Waals surface area contributed by atoms with Crippen LogP contribution in [0.3, 0.4) is 0 Å². The van der Waals surface area contributed by atoms with Crippen molar-refractivity contribution in [2.75, 3.05) is 0 Å². The van der Waals surface area contributed by atoms with Crippen molar-refractivity contribution in [3.8, 4) is 5.75 Å². The highest BCUT2D eigenvalue weighted by atomic mass is 16.3. The summed E-state index contributed by atoms with van der Waals surface area (Å²) in [5.41, 5.74) is 1.14. The van der Waals surface area contributed by atoms with Crippen LogP contribution in [-0.2, 0) is 0 Å². The smallest absolute Gasteiger partial charge is 0.115 e. The molecule has 70 valence electrons. The molecule has 0 aliphatic carbocycles. The van der Waals surface area contributed by atoms with Crippen molar-refractivity contribution in [3.05, 3.63) is 35.9 Å². The standard InChI is InChI=1S/C12H16O/c1-10(2)4-3-5-11-6-8-12(13)9-7-11/h3,5-10,13H,4H2,1-2H3/b5-3+. The van der Waals surface area contributed by atoms with Gasteiger partial charge in [-0.2, -0.15) is 0 Å². The fourth-order valence-electron chi connectivity index (χ4n) is 1.06. The van der Waals surface area contributed by atoms with Crippen LogP contribution in [0, 0.1) is 5.92 Å². The van der Waals surface area contributed by atoms with Crippen LogP contribution in [0.25, 0.3) is 6.08 Å². The van der Waals surface area contributed by atoms with Crippen molar-refractivity contribution in [1.82, 2.24) is 0 Å². The van der Waals surface area contributed by atoms with Gasteiger partial charge in [-0.25, -0.2) is 0 Å². The van der Waals surface area contributed by atoms with Crippen molar-refractivity contribution in [2.45, 2.75) is 20.3 Å². The monoisotopic (exact) mass is 176 g/mol.